The standard InChI is InChI=1S/C14H14N2O/c1-10-4-5-12(13(15)7-10)14(17)8-11-3-2-6-16-9-11/h2-7,9H,8,15H2,1H3. The fourth-order valence-corrected chi connectivity index (χ4v) is 1.72. The molecule has 2 rings (SSSR count). The van der Waals surface area contributed by atoms with Gasteiger partial charge in [0.25, 0.3) is 0 Å². The number of nitrogen functional groups attached to an aromatic ring is 1. The van der Waals surface area contributed by atoms with E-state index in [2.05, 4.69) is 4.98 Å². The van der Waals surface area contributed by atoms with Crippen molar-refractivity contribution >= 4 is 11.5 Å². The average molecular weight is 226 g/mol. The monoisotopic (exact) mass is 226 g/mol. The van der Waals surface area contributed by atoms with Crippen LogP contribution in [0.1, 0.15) is 21.5 Å². The van der Waals surface area contributed by atoms with E-state index in [1.165, 1.54) is 0 Å². The molecule has 0 fully saturated rings. The number of rotatable bonds is 3. The molecule has 3 nitrogen and oxygen atoms in total. The Kier molecular flexibility index (Phi) is 3.19. The molecule has 0 saturated carbocycles. The van der Waals surface area contributed by atoms with Crippen LogP contribution in [-0.2, 0) is 6.42 Å². The summed E-state index contributed by atoms with van der Waals surface area (Å²) in [7, 11) is 0. The van der Waals surface area contributed by atoms with Crippen molar-refractivity contribution in [2.45, 2.75) is 13.3 Å². The van der Waals surface area contributed by atoms with Gasteiger partial charge in [0.2, 0.25) is 0 Å². The normalized spacial score (nSPS) is 10.2. The van der Waals surface area contributed by atoms with Crippen molar-refractivity contribution in [3.8, 4) is 0 Å². The number of pyridine rings is 1. The summed E-state index contributed by atoms with van der Waals surface area (Å²) >= 11 is 0. The Balaban J connectivity index is 2.21. The van der Waals surface area contributed by atoms with Crippen molar-refractivity contribution in [2.24, 2.45) is 0 Å². The first-order valence-corrected chi connectivity index (χ1v) is 5.45. The third-order valence-corrected chi connectivity index (χ3v) is 2.59. The van der Waals surface area contributed by atoms with Crippen molar-refractivity contribution in [1.82, 2.24) is 4.98 Å². The highest BCUT2D eigenvalue weighted by Gasteiger charge is 2.10. The van der Waals surface area contributed by atoms with E-state index in [9.17, 15) is 4.79 Å². The number of carbonyl (C=O) groups is 1. The molecule has 0 saturated heterocycles. The number of anilines is 1. The summed E-state index contributed by atoms with van der Waals surface area (Å²) < 4.78 is 0. The summed E-state index contributed by atoms with van der Waals surface area (Å²) in [6.07, 6.45) is 3.72. The first-order chi connectivity index (χ1) is 8.16. The highest BCUT2D eigenvalue weighted by atomic mass is 16.1. The van der Waals surface area contributed by atoms with Crippen LogP contribution in [0.15, 0.2) is 42.7 Å². The Morgan fingerprint density at radius 1 is 1.35 bits per heavy atom. The van der Waals surface area contributed by atoms with Crippen LogP contribution < -0.4 is 5.73 Å². The minimum Gasteiger partial charge on any atom is -0.398 e. The minimum absolute atomic E-state index is 0.0236. The van der Waals surface area contributed by atoms with Crippen LogP contribution in [-0.4, -0.2) is 10.8 Å². The molecule has 1 aromatic heterocycles. The van der Waals surface area contributed by atoms with Crippen LogP contribution in [0.3, 0.4) is 0 Å². The van der Waals surface area contributed by atoms with E-state index in [1.807, 2.05) is 31.2 Å². The zero-order valence-electron chi connectivity index (χ0n) is 9.68. The third-order valence-electron chi connectivity index (χ3n) is 2.59. The largest absolute Gasteiger partial charge is 0.398 e. The van der Waals surface area contributed by atoms with Crippen molar-refractivity contribution < 1.29 is 4.79 Å². The van der Waals surface area contributed by atoms with Gasteiger partial charge in [-0.25, -0.2) is 0 Å². The van der Waals surface area contributed by atoms with Crippen molar-refractivity contribution in [3.63, 3.8) is 0 Å². The second kappa shape index (κ2) is 4.78. The number of aromatic nitrogens is 1. The predicted octanol–water partition coefficient (Wildman–Crippen LogP) is 2.40. The molecular weight excluding hydrogens is 212 g/mol. The second-order valence-electron chi connectivity index (χ2n) is 4.05. The van der Waals surface area contributed by atoms with E-state index in [-0.39, 0.29) is 5.78 Å². The molecule has 1 aromatic carbocycles. The van der Waals surface area contributed by atoms with Gasteiger partial charge in [0.05, 0.1) is 0 Å². The predicted molar refractivity (Wildman–Crippen MR) is 67.9 cm³/mol. The second-order valence-corrected chi connectivity index (χ2v) is 4.05. The summed E-state index contributed by atoms with van der Waals surface area (Å²) in [5.41, 5.74) is 8.92. The zero-order chi connectivity index (χ0) is 12.3. The molecule has 17 heavy (non-hydrogen) atoms. The fourth-order valence-electron chi connectivity index (χ4n) is 1.72. The van der Waals surface area contributed by atoms with Crippen LogP contribution in [0.25, 0.3) is 0 Å². The molecule has 0 atom stereocenters. The number of nitrogens with two attached hydrogens (primary N) is 1. The Labute approximate surface area is 100 Å². The third kappa shape index (κ3) is 2.69. The van der Waals surface area contributed by atoms with Crippen LogP contribution in [0.5, 0.6) is 0 Å². The smallest absolute Gasteiger partial charge is 0.169 e. The van der Waals surface area contributed by atoms with Crippen LogP contribution in [0.2, 0.25) is 0 Å². The molecule has 1 heterocycles. The molecule has 0 aliphatic rings. The summed E-state index contributed by atoms with van der Waals surface area (Å²) in [6.45, 7) is 1.95. The van der Waals surface area contributed by atoms with Crippen molar-refractivity contribution in [1.29, 1.82) is 0 Å². The van der Waals surface area contributed by atoms with Crippen LogP contribution >= 0.6 is 0 Å². The molecule has 86 valence electrons. The van der Waals surface area contributed by atoms with Gasteiger partial charge in [-0.1, -0.05) is 12.1 Å². The van der Waals surface area contributed by atoms with E-state index in [0.29, 0.717) is 17.7 Å². The van der Waals surface area contributed by atoms with Gasteiger partial charge in [0.1, 0.15) is 0 Å². The van der Waals surface area contributed by atoms with E-state index >= 15 is 0 Å². The molecule has 0 spiro atoms. The summed E-state index contributed by atoms with van der Waals surface area (Å²) in [4.78, 5) is 16.0. The lowest BCUT2D eigenvalue weighted by molar-refractivity contribution is 0.0993. The topological polar surface area (TPSA) is 56.0 Å². The van der Waals surface area contributed by atoms with Crippen molar-refractivity contribution in [2.75, 3.05) is 5.73 Å². The average Bonchev–Trinajstić information content (AvgIpc) is 2.30. The Morgan fingerprint density at radius 2 is 2.18 bits per heavy atom. The molecule has 2 aromatic rings. The van der Waals surface area contributed by atoms with Gasteiger partial charge in [0, 0.05) is 30.1 Å². The van der Waals surface area contributed by atoms with Gasteiger partial charge in [0.15, 0.2) is 5.78 Å². The van der Waals surface area contributed by atoms with Crippen molar-refractivity contribution in [3.05, 3.63) is 59.4 Å². The highest BCUT2D eigenvalue weighted by molar-refractivity contribution is 6.01. The molecule has 0 amide bonds. The number of carbonyl (C=O) groups excluding carboxylic acids is 1. The Hall–Kier alpha value is -2.16. The maximum absolute atomic E-state index is 12.0. The Morgan fingerprint density at radius 3 is 2.82 bits per heavy atom. The van der Waals surface area contributed by atoms with Gasteiger partial charge < -0.3 is 5.73 Å². The number of ketones is 1. The van der Waals surface area contributed by atoms with Gasteiger partial charge >= 0.3 is 0 Å². The number of benzene rings is 1. The molecule has 0 unspecified atom stereocenters. The van der Waals surface area contributed by atoms with E-state index in [4.69, 9.17) is 5.73 Å². The lowest BCUT2D eigenvalue weighted by Gasteiger charge is -2.05. The SMILES string of the molecule is Cc1ccc(C(=O)Cc2cccnc2)c(N)c1. The van der Waals surface area contributed by atoms with Gasteiger partial charge in [-0.3, -0.25) is 9.78 Å². The number of aryl methyl sites for hydroxylation is 1. The molecular formula is C14H14N2O. The van der Waals surface area contributed by atoms with Gasteiger partial charge in [-0.05, 0) is 36.2 Å². The zero-order valence-corrected chi connectivity index (χ0v) is 9.68. The summed E-state index contributed by atoms with van der Waals surface area (Å²) in [5, 5.41) is 0. The minimum atomic E-state index is 0.0236. The molecule has 2 N–H and O–H groups in total. The number of hydrogen-bond donors (Lipinski definition) is 1. The van der Waals surface area contributed by atoms with E-state index < -0.39 is 0 Å². The van der Waals surface area contributed by atoms with E-state index in [0.717, 1.165) is 11.1 Å². The lowest BCUT2D eigenvalue weighted by atomic mass is 10.0. The fraction of sp³-hybridized carbons (Fsp3) is 0.143. The highest BCUT2D eigenvalue weighted by Crippen LogP contribution is 2.16. The number of Topliss-reactive ketones (excluding diaryl/α,β-unsaturated/α-hetero) is 1. The van der Waals surface area contributed by atoms with E-state index in [1.54, 1.807) is 18.5 Å². The molecule has 0 bridgehead atoms. The molecule has 0 aliphatic heterocycles. The summed E-state index contributed by atoms with van der Waals surface area (Å²) in [5.74, 6) is 0.0236. The van der Waals surface area contributed by atoms with Gasteiger partial charge in [-0.15, -0.1) is 0 Å². The molecule has 0 radical (unpaired) electrons. The quantitative estimate of drug-likeness (QED) is 0.645. The number of hydrogen-bond acceptors (Lipinski definition) is 3. The first-order valence-electron chi connectivity index (χ1n) is 5.45. The first kappa shape index (κ1) is 11.3. The lowest BCUT2D eigenvalue weighted by Crippen LogP contribution is -2.07. The maximum Gasteiger partial charge on any atom is 0.169 e. The van der Waals surface area contributed by atoms with Crippen LogP contribution in [0, 0.1) is 6.92 Å². The maximum atomic E-state index is 12.0. The molecule has 0 aliphatic carbocycles. The molecule has 3 heteroatoms. The summed E-state index contributed by atoms with van der Waals surface area (Å²) in [6, 6.07) is 9.20. The van der Waals surface area contributed by atoms with Crippen LogP contribution in [0.4, 0.5) is 5.69 Å². The number of nitrogens with zero attached hydrogens (tertiary/aromatic N) is 1. The Bertz CT molecular complexity index is 535. The van der Waals surface area contributed by atoms with Gasteiger partial charge in [-0.2, -0.15) is 0 Å².